The Balaban J connectivity index is 1.94. The van der Waals surface area contributed by atoms with E-state index in [-0.39, 0.29) is 5.69 Å². The normalized spacial score (nSPS) is 10.0. The first-order valence-corrected chi connectivity index (χ1v) is 6.59. The fraction of sp³-hybridized carbons (Fsp3) is 0.133. The molecule has 0 unspecified atom stereocenters. The van der Waals surface area contributed by atoms with Gasteiger partial charge in [-0.05, 0) is 35.9 Å². The molecule has 0 radical (unpaired) electrons. The average molecular weight is 309 g/mol. The molecule has 2 aromatic carbocycles. The third-order valence-corrected chi connectivity index (χ3v) is 3.00. The molecule has 21 heavy (non-hydrogen) atoms. The van der Waals surface area contributed by atoms with Gasteiger partial charge < -0.3 is 15.4 Å². The van der Waals surface area contributed by atoms with E-state index in [0.29, 0.717) is 17.3 Å². The van der Waals surface area contributed by atoms with E-state index in [4.69, 9.17) is 16.3 Å². The second-order valence-corrected chi connectivity index (χ2v) is 4.72. The van der Waals surface area contributed by atoms with Crippen LogP contribution in [0, 0.1) is 5.82 Å². The molecule has 0 spiro atoms. The second kappa shape index (κ2) is 6.95. The lowest BCUT2D eigenvalue weighted by Crippen LogP contribution is -2.28. The molecule has 2 amide bonds. The van der Waals surface area contributed by atoms with Crippen LogP contribution in [-0.4, -0.2) is 13.1 Å². The molecule has 110 valence electrons. The number of carbonyl (C=O) groups excluding carboxylic acids is 1. The average Bonchev–Trinajstić information content (AvgIpc) is 2.49. The van der Waals surface area contributed by atoms with Gasteiger partial charge in [0.15, 0.2) is 0 Å². The number of urea groups is 1. The number of halogens is 2. The van der Waals surface area contributed by atoms with Crippen LogP contribution in [0.1, 0.15) is 5.56 Å². The molecule has 0 aliphatic carbocycles. The Hall–Kier alpha value is -2.27. The Morgan fingerprint density at radius 1 is 1.29 bits per heavy atom. The fourth-order valence-electron chi connectivity index (χ4n) is 1.72. The maximum absolute atomic E-state index is 13.5. The van der Waals surface area contributed by atoms with Crippen LogP contribution in [0.5, 0.6) is 5.75 Å². The second-order valence-electron chi connectivity index (χ2n) is 4.28. The highest BCUT2D eigenvalue weighted by Crippen LogP contribution is 2.19. The monoisotopic (exact) mass is 308 g/mol. The summed E-state index contributed by atoms with van der Waals surface area (Å²) in [6.45, 7) is 0.297. The highest BCUT2D eigenvalue weighted by Gasteiger charge is 2.07. The predicted molar refractivity (Wildman–Crippen MR) is 80.3 cm³/mol. The van der Waals surface area contributed by atoms with Gasteiger partial charge in [-0.3, -0.25) is 0 Å². The summed E-state index contributed by atoms with van der Waals surface area (Å²) in [6.07, 6.45) is 0. The van der Waals surface area contributed by atoms with E-state index in [2.05, 4.69) is 10.6 Å². The minimum Gasteiger partial charge on any atom is -0.497 e. The molecule has 2 N–H and O–H groups in total. The van der Waals surface area contributed by atoms with Gasteiger partial charge >= 0.3 is 6.03 Å². The summed E-state index contributed by atoms with van der Waals surface area (Å²) < 4.78 is 18.6. The Morgan fingerprint density at radius 2 is 2.10 bits per heavy atom. The lowest BCUT2D eigenvalue weighted by molar-refractivity contribution is 0.251. The number of benzene rings is 2. The Labute approximate surface area is 126 Å². The Morgan fingerprint density at radius 3 is 2.86 bits per heavy atom. The van der Waals surface area contributed by atoms with E-state index in [1.807, 2.05) is 18.2 Å². The van der Waals surface area contributed by atoms with Crippen LogP contribution in [-0.2, 0) is 6.54 Å². The number of carbonyl (C=O) groups is 1. The summed E-state index contributed by atoms with van der Waals surface area (Å²) >= 11 is 5.75. The fourth-order valence-corrected chi connectivity index (χ4v) is 1.90. The van der Waals surface area contributed by atoms with Crippen LogP contribution in [0.2, 0.25) is 5.02 Å². The quantitative estimate of drug-likeness (QED) is 0.902. The van der Waals surface area contributed by atoms with Gasteiger partial charge in [0.2, 0.25) is 0 Å². The Kier molecular flexibility index (Phi) is 5.00. The molecule has 4 nitrogen and oxygen atoms in total. The van der Waals surface area contributed by atoms with Crippen molar-refractivity contribution in [3.8, 4) is 5.75 Å². The summed E-state index contributed by atoms with van der Waals surface area (Å²) in [5.41, 5.74) is 0.904. The molecule has 0 aromatic heterocycles. The van der Waals surface area contributed by atoms with Gasteiger partial charge in [-0.15, -0.1) is 0 Å². The maximum atomic E-state index is 13.5. The molecule has 0 aliphatic rings. The molecule has 0 bridgehead atoms. The number of rotatable bonds is 4. The molecule has 0 heterocycles. The van der Waals surface area contributed by atoms with E-state index in [9.17, 15) is 9.18 Å². The summed E-state index contributed by atoms with van der Waals surface area (Å²) in [7, 11) is 1.57. The molecule has 0 aliphatic heterocycles. The van der Waals surface area contributed by atoms with Crippen LogP contribution in [0.3, 0.4) is 0 Å². The first kappa shape index (κ1) is 15.1. The van der Waals surface area contributed by atoms with Crippen LogP contribution in [0.25, 0.3) is 0 Å². The Bertz CT molecular complexity index is 649. The minimum atomic E-state index is -0.545. The zero-order valence-corrected chi connectivity index (χ0v) is 12.1. The van der Waals surface area contributed by atoms with Gasteiger partial charge in [0.25, 0.3) is 0 Å². The van der Waals surface area contributed by atoms with Gasteiger partial charge in [0.1, 0.15) is 11.6 Å². The van der Waals surface area contributed by atoms with Crippen molar-refractivity contribution >= 4 is 23.3 Å². The lowest BCUT2D eigenvalue weighted by Gasteiger charge is -2.09. The van der Waals surface area contributed by atoms with Crippen LogP contribution < -0.4 is 15.4 Å². The number of hydrogen-bond acceptors (Lipinski definition) is 2. The van der Waals surface area contributed by atoms with Crippen LogP contribution in [0.4, 0.5) is 14.9 Å². The zero-order chi connectivity index (χ0) is 15.2. The highest BCUT2D eigenvalue weighted by molar-refractivity contribution is 6.30. The number of hydrogen-bond donors (Lipinski definition) is 2. The molecule has 0 saturated heterocycles. The molecule has 2 rings (SSSR count). The highest BCUT2D eigenvalue weighted by atomic mass is 35.5. The van der Waals surface area contributed by atoms with Crippen molar-refractivity contribution in [2.24, 2.45) is 0 Å². The lowest BCUT2D eigenvalue weighted by atomic mass is 10.2. The number of methoxy groups -OCH3 is 1. The van der Waals surface area contributed by atoms with Crippen molar-refractivity contribution in [2.45, 2.75) is 6.54 Å². The molecular weight excluding hydrogens is 295 g/mol. The third-order valence-electron chi connectivity index (χ3n) is 2.76. The summed E-state index contributed by atoms with van der Waals surface area (Å²) in [6, 6.07) is 10.7. The minimum absolute atomic E-state index is 0.0330. The molecule has 2 aromatic rings. The first-order valence-electron chi connectivity index (χ1n) is 6.21. The number of ether oxygens (including phenoxy) is 1. The third kappa shape index (κ3) is 4.36. The molecule has 0 atom stereocenters. The van der Waals surface area contributed by atoms with Crippen molar-refractivity contribution in [1.82, 2.24) is 5.32 Å². The predicted octanol–water partition coefficient (Wildman–Crippen LogP) is 3.81. The molecule has 0 saturated carbocycles. The van der Waals surface area contributed by atoms with Gasteiger partial charge in [0.05, 0.1) is 12.8 Å². The summed E-state index contributed by atoms with van der Waals surface area (Å²) in [5.74, 6) is 0.159. The number of nitrogens with one attached hydrogen (secondary N) is 2. The van der Waals surface area contributed by atoms with Gasteiger partial charge in [-0.2, -0.15) is 0 Å². The van der Waals surface area contributed by atoms with Gasteiger partial charge in [-0.25, -0.2) is 9.18 Å². The smallest absolute Gasteiger partial charge is 0.319 e. The van der Waals surface area contributed by atoms with Gasteiger partial charge in [0, 0.05) is 11.6 Å². The number of anilines is 1. The van der Waals surface area contributed by atoms with Crippen molar-refractivity contribution < 1.29 is 13.9 Å². The first-order chi connectivity index (χ1) is 10.1. The van der Waals surface area contributed by atoms with E-state index in [1.54, 1.807) is 13.2 Å². The van der Waals surface area contributed by atoms with E-state index < -0.39 is 11.8 Å². The van der Waals surface area contributed by atoms with Crippen molar-refractivity contribution in [3.05, 3.63) is 58.9 Å². The van der Waals surface area contributed by atoms with Crippen molar-refractivity contribution in [1.29, 1.82) is 0 Å². The molecular formula is C15H14ClFN2O2. The van der Waals surface area contributed by atoms with Crippen LogP contribution >= 0.6 is 11.6 Å². The standard InChI is InChI=1S/C15H14ClFN2O2/c1-21-12-4-2-3-10(7-12)9-18-15(20)19-14-8-11(16)5-6-13(14)17/h2-8H,9H2,1H3,(H2,18,19,20). The van der Waals surface area contributed by atoms with E-state index in [0.717, 1.165) is 5.56 Å². The van der Waals surface area contributed by atoms with Crippen molar-refractivity contribution in [2.75, 3.05) is 12.4 Å². The van der Waals surface area contributed by atoms with Gasteiger partial charge in [-0.1, -0.05) is 23.7 Å². The summed E-state index contributed by atoms with van der Waals surface area (Å²) in [4.78, 5) is 11.7. The molecule has 0 fully saturated rings. The van der Waals surface area contributed by atoms with Crippen molar-refractivity contribution in [3.63, 3.8) is 0 Å². The van der Waals surface area contributed by atoms with E-state index >= 15 is 0 Å². The van der Waals surface area contributed by atoms with E-state index in [1.165, 1.54) is 18.2 Å². The zero-order valence-electron chi connectivity index (χ0n) is 11.3. The molecule has 6 heteroatoms. The SMILES string of the molecule is COc1cccc(CNC(=O)Nc2cc(Cl)ccc2F)c1. The summed E-state index contributed by atoms with van der Waals surface area (Å²) in [5, 5.41) is 5.39. The maximum Gasteiger partial charge on any atom is 0.319 e. The topological polar surface area (TPSA) is 50.4 Å². The number of amides is 2. The van der Waals surface area contributed by atoms with Crippen LogP contribution in [0.15, 0.2) is 42.5 Å². The largest absolute Gasteiger partial charge is 0.497 e.